The Kier molecular flexibility index (Phi) is 3.43. The van der Waals surface area contributed by atoms with E-state index in [4.69, 9.17) is 0 Å². The van der Waals surface area contributed by atoms with Gasteiger partial charge in [-0.15, -0.1) is 0 Å². The molecule has 1 aromatic carbocycles. The zero-order valence-corrected chi connectivity index (χ0v) is 11.5. The maximum atomic E-state index is 3.52. The van der Waals surface area contributed by atoms with Crippen LogP contribution in [0.2, 0.25) is 0 Å². The molecule has 1 nitrogen and oxygen atoms in total. The van der Waals surface area contributed by atoms with Gasteiger partial charge in [0.05, 0.1) is 0 Å². The van der Waals surface area contributed by atoms with Gasteiger partial charge in [0.15, 0.2) is 0 Å². The van der Waals surface area contributed by atoms with E-state index in [2.05, 4.69) is 36.5 Å². The Bertz CT molecular complexity index is 383. The first kappa shape index (κ1) is 12.2. The van der Waals surface area contributed by atoms with Gasteiger partial charge in [0, 0.05) is 18.5 Å². The lowest BCUT2D eigenvalue weighted by molar-refractivity contribution is 0.0812. The molecule has 1 heteroatoms. The third-order valence-corrected chi connectivity index (χ3v) is 5.16. The molecule has 3 rings (SSSR count). The van der Waals surface area contributed by atoms with Crippen LogP contribution in [0.25, 0.3) is 0 Å². The molecule has 18 heavy (non-hydrogen) atoms. The normalized spacial score (nSPS) is 22.9. The van der Waals surface area contributed by atoms with Gasteiger partial charge in [0.1, 0.15) is 0 Å². The second kappa shape index (κ2) is 5.05. The molecular weight excluding hydrogens is 218 g/mol. The summed E-state index contributed by atoms with van der Waals surface area (Å²) in [6.45, 7) is 4.71. The molecule has 0 bridgehead atoms. The fraction of sp³-hybridized carbons (Fsp3) is 0.647. The average Bonchev–Trinajstić information content (AvgIpc) is 2.88. The molecule has 1 N–H and O–H groups in total. The standard InChI is InChI=1S/C17H25N/c1-2-14-7-9-15(10-8-14)11-17(12-18-13-17)16-5-3-4-6-16/h7-10,16,18H,2-6,11-13H2,1H3. The summed E-state index contributed by atoms with van der Waals surface area (Å²) in [6.07, 6.45) is 8.29. The van der Waals surface area contributed by atoms with E-state index < -0.39 is 0 Å². The number of hydrogen-bond donors (Lipinski definition) is 1. The van der Waals surface area contributed by atoms with Crippen molar-refractivity contribution in [3.05, 3.63) is 35.4 Å². The number of rotatable bonds is 4. The van der Waals surface area contributed by atoms with Crippen molar-refractivity contribution < 1.29 is 0 Å². The second-order valence-corrected chi connectivity index (χ2v) is 6.29. The molecule has 0 atom stereocenters. The van der Waals surface area contributed by atoms with Crippen molar-refractivity contribution in [3.8, 4) is 0 Å². The van der Waals surface area contributed by atoms with Crippen molar-refractivity contribution in [2.24, 2.45) is 11.3 Å². The molecule has 0 spiro atoms. The van der Waals surface area contributed by atoms with Gasteiger partial charge in [-0.25, -0.2) is 0 Å². The third-order valence-electron chi connectivity index (χ3n) is 5.16. The monoisotopic (exact) mass is 243 g/mol. The van der Waals surface area contributed by atoms with Crippen molar-refractivity contribution in [1.29, 1.82) is 0 Å². The molecule has 98 valence electrons. The Hall–Kier alpha value is -0.820. The van der Waals surface area contributed by atoms with Gasteiger partial charge in [0.25, 0.3) is 0 Å². The zero-order chi connectivity index (χ0) is 12.4. The largest absolute Gasteiger partial charge is 0.315 e. The van der Waals surface area contributed by atoms with Crippen molar-refractivity contribution in [2.75, 3.05) is 13.1 Å². The Morgan fingerprint density at radius 2 is 1.67 bits per heavy atom. The molecule has 0 aromatic heterocycles. The van der Waals surface area contributed by atoms with Crippen molar-refractivity contribution in [1.82, 2.24) is 5.32 Å². The number of hydrogen-bond acceptors (Lipinski definition) is 1. The Labute approximate surface area is 111 Å². The molecule has 1 heterocycles. The summed E-state index contributed by atoms with van der Waals surface area (Å²) in [5, 5.41) is 3.52. The van der Waals surface area contributed by atoms with Crippen molar-refractivity contribution in [3.63, 3.8) is 0 Å². The highest BCUT2D eigenvalue weighted by Crippen LogP contribution is 2.44. The van der Waals surface area contributed by atoms with Crippen molar-refractivity contribution >= 4 is 0 Å². The molecular formula is C17H25N. The second-order valence-electron chi connectivity index (χ2n) is 6.29. The molecule has 1 aromatic rings. The average molecular weight is 243 g/mol. The van der Waals surface area contributed by atoms with Gasteiger partial charge >= 0.3 is 0 Å². The minimum atomic E-state index is 0.588. The number of benzene rings is 1. The summed E-state index contributed by atoms with van der Waals surface area (Å²) in [4.78, 5) is 0. The van der Waals surface area contributed by atoms with Crippen LogP contribution in [0.15, 0.2) is 24.3 Å². The highest BCUT2D eigenvalue weighted by atomic mass is 15.0. The van der Waals surface area contributed by atoms with Crippen LogP contribution in [0.3, 0.4) is 0 Å². The first-order chi connectivity index (χ1) is 8.82. The zero-order valence-electron chi connectivity index (χ0n) is 11.5. The van der Waals surface area contributed by atoms with Crippen LogP contribution in [0.5, 0.6) is 0 Å². The van der Waals surface area contributed by atoms with E-state index in [9.17, 15) is 0 Å². The molecule has 0 amide bonds. The third kappa shape index (κ3) is 2.21. The van der Waals surface area contributed by atoms with Crippen LogP contribution >= 0.6 is 0 Å². The number of aryl methyl sites for hydroxylation is 1. The lowest BCUT2D eigenvalue weighted by atomic mass is 9.66. The summed E-state index contributed by atoms with van der Waals surface area (Å²) < 4.78 is 0. The van der Waals surface area contributed by atoms with E-state index in [1.807, 2.05) is 0 Å². The lowest BCUT2D eigenvalue weighted by Gasteiger charge is -2.48. The van der Waals surface area contributed by atoms with Crippen LogP contribution in [-0.2, 0) is 12.8 Å². The molecule has 1 aliphatic carbocycles. The maximum absolute atomic E-state index is 3.52. The number of nitrogens with one attached hydrogen (secondary N) is 1. The molecule has 2 fully saturated rings. The van der Waals surface area contributed by atoms with E-state index in [-0.39, 0.29) is 0 Å². The molecule has 2 aliphatic rings. The Balaban J connectivity index is 1.72. The summed E-state index contributed by atoms with van der Waals surface area (Å²) >= 11 is 0. The molecule has 1 saturated heterocycles. The minimum Gasteiger partial charge on any atom is -0.315 e. The van der Waals surface area contributed by atoms with E-state index in [0.717, 1.165) is 12.3 Å². The predicted octanol–water partition coefficient (Wildman–Crippen LogP) is 3.57. The van der Waals surface area contributed by atoms with Crippen LogP contribution in [-0.4, -0.2) is 13.1 Å². The summed E-state index contributed by atoms with van der Waals surface area (Å²) in [7, 11) is 0. The molecule has 1 saturated carbocycles. The summed E-state index contributed by atoms with van der Waals surface area (Å²) in [6, 6.07) is 9.33. The first-order valence-electron chi connectivity index (χ1n) is 7.61. The van der Waals surface area contributed by atoms with Gasteiger partial charge in [-0.1, -0.05) is 44.0 Å². The molecule has 1 aliphatic heterocycles. The van der Waals surface area contributed by atoms with Crippen molar-refractivity contribution in [2.45, 2.75) is 45.4 Å². The van der Waals surface area contributed by atoms with Gasteiger partial charge in [-0.2, -0.15) is 0 Å². The highest BCUT2D eigenvalue weighted by Gasteiger charge is 2.44. The van der Waals surface area contributed by atoms with Gasteiger partial charge < -0.3 is 5.32 Å². The van der Waals surface area contributed by atoms with Crippen LogP contribution in [0, 0.1) is 11.3 Å². The molecule has 0 unspecified atom stereocenters. The molecule has 0 radical (unpaired) electrons. The topological polar surface area (TPSA) is 12.0 Å². The van der Waals surface area contributed by atoms with E-state index in [1.54, 1.807) is 5.56 Å². The fourth-order valence-corrected chi connectivity index (χ4v) is 3.84. The summed E-state index contributed by atoms with van der Waals surface area (Å²) in [5.41, 5.74) is 3.59. The smallest absolute Gasteiger partial charge is 0.00261 e. The van der Waals surface area contributed by atoms with E-state index in [1.165, 1.54) is 50.8 Å². The van der Waals surface area contributed by atoms with Gasteiger partial charge in [0.2, 0.25) is 0 Å². The quantitative estimate of drug-likeness (QED) is 0.852. The van der Waals surface area contributed by atoms with Crippen LogP contribution in [0.4, 0.5) is 0 Å². The highest BCUT2D eigenvalue weighted by molar-refractivity contribution is 5.24. The van der Waals surface area contributed by atoms with Crippen LogP contribution in [0.1, 0.15) is 43.7 Å². The SMILES string of the molecule is CCc1ccc(CC2(C3CCCC3)CNC2)cc1. The lowest BCUT2D eigenvalue weighted by Crippen LogP contribution is -2.58. The van der Waals surface area contributed by atoms with Crippen LogP contribution < -0.4 is 5.32 Å². The maximum Gasteiger partial charge on any atom is 0.00261 e. The van der Waals surface area contributed by atoms with Gasteiger partial charge in [-0.05, 0) is 42.7 Å². The fourth-order valence-electron chi connectivity index (χ4n) is 3.84. The Morgan fingerprint density at radius 1 is 1.06 bits per heavy atom. The first-order valence-corrected chi connectivity index (χ1v) is 7.61. The van der Waals surface area contributed by atoms with E-state index >= 15 is 0 Å². The minimum absolute atomic E-state index is 0.588. The van der Waals surface area contributed by atoms with E-state index in [0.29, 0.717) is 5.41 Å². The summed E-state index contributed by atoms with van der Waals surface area (Å²) in [5.74, 6) is 0.976. The predicted molar refractivity (Wildman–Crippen MR) is 76.8 cm³/mol. The van der Waals surface area contributed by atoms with Gasteiger partial charge in [-0.3, -0.25) is 0 Å². The Morgan fingerprint density at radius 3 is 2.17 bits per heavy atom.